The highest BCUT2D eigenvalue weighted by molar-refractivity contribution is 6.68. The van der Waals surface area contributed by atoms with Crippen molar-refractivity contribution in [1.82, 2.24) is 5.32 Å². The molecule has 0 radical (unpaired) electrons. The van der Waals surface area contributed by atoms with Gasteiger partial charge in [0.2, 0.25) is 3.79 Å². The van der Waals surface area contributed by atoms with Crippen LogP contribution in [-0.2, 0) is 0 Å². The predicted octanol–water partition coefficient (Wildman–Crippen LogP) is 6.19. The lowest BCUT2D eigenvalue weighted by Gasteiger charge is -2.28. The first-order chi connectivity index (χ1) is 11.2. The van der Waals surface area contributed by atoms with E-state index < -0.39 is 15.9 Å². The second-order valence-corrected chi connectivity index (χ2v) is 8.29. The molecule has 9 heteroatoms. The minimum absolute atomic E-state index is 0.246. The number of alkyl halides is 3. The summed E-state index contributed by atoms with van der Waals surface area (Å²) in [6.45, 7) is 0. The van der Waals surface area contributed by atoms with E-state index in [1.807, 2.05) is 0 Å². The van der Waals surface area contributed by atoms with Crippen molar-refractivity contribution in [1.29, 1.82) is 0 Å². The van der Waals surface area contributed by atoms with E-state index in [0.717, 1.165) is 0 Å². The van der Waals surface area contributed by atoms with E-state index in [1.54, 1.807) is 36.4 Å². The van der Waals surface area contributed by atoms with Crippen LogP contribution in [0.1, 0.15) is 10.4 Å². The quantitative estimate of drug-likeness (QED) is 0.434. The Hall–Kier alpha value is -0.550. The van der Waals surface area contributed by atoms with Crippen LogP contribution in [0.25, 0.3) is 0 Å². The molecule has 0 unspecified atom stereocenters. The fourth-order valence-electron chi connectivity index (χ4n) is 1.81. The van der Waals surface area contributed by atoms with Crippen LogP contribution < -0.4 is 10.6 Å². The maximum atomic E-state index is 12.4. The summed E-state index contributed by atoms with van der Waals surface area (Å²) < 4.78 is -1.85. The maximum Gasteiger partial charge on any atom is 0.253 e. The molecule has 0 fully saturated rings. The lowest BCUT2D eigenvalue weighted by Crippen LogP contribution is -2.49. The van der Waals surface area contributed by atoms with Gasteiger partial charge in [-0.2, -0.15) is 0 Å². The molecule has 0 spiro atoms. The number of hydrogen-bond donors (Lipinski definition) is 2. The summed E-state index contributed by atoms with van der Waals surface area (Å²) in [4.78, 5) is 12.4. The van der Waals surface area contributed by atoms with E-state index in [1.165, 1.54) is 6.07 Å². The molecular formula is C15H10Cl6N2O. The Kier molecular flexibility index (Phi) is 6.77. The second-order valence-electron chi connectivity index (χ2n) is 4.70. The van der Waals surface area contributed by atoms with Gasteiger partial charge in [-0.25, -0.2) is 0 Å². The van der Waals surface area contributed by atoms with E-state index in [0.29, 0.717) is 21.3 Å². The van der Waals surface area contributed by atoms with Gasteiger partial charge < -0.3 is 10.6 Å². The average Bonchev–Trinajstić information content (AvgIpc) is 2.50. The standard InChI is InChI=1S/C15H10Cl6N2O/c16-9-4-1-3-8(7-9)13(24)23-14(15(19,20)21)22-11-6-2-5-10(17)12(11)18/h1-7,14,22H,(H,23,24)/t14-/m0/s1. The zero-order chi connectivity index (χ0) is 17.9. The summed E-state index contributed by atoms with van der Waals surface area (Å²) in [6.07, 6.45) is -1.06. The Balaban J connectivity index is 2.23. The van der Waals surface area contributed by atoms with Crippen molar-refractivity contribution in [2.24, 2.45) is 0 Å². The molecule has 2 aromatic rings. The number of carbonyl (C=O) groups excluding carboxylic acids is 1. The molecule has 0 aromatic heterocycles. The summed E-state index contributed by atoms with van der Waals surface area (Å²) in [5.41, 5.74) is 0.729. The highest BCUT2D eigenvalue weighted by Crippen LogP contribution is 2.35. The Morgan fingerprint density at radius 2 is 1.67 bits per heavy atom. The van der Waals surface area contributed by atoms with E-state index in [9.17, 15) is 4.79 Å². The van der Waals surface area contributed by atoms with Crippen molar-refractivity contribution in [3.05, 3.63) is 63.1 Å². The first-order valence-corrected chi connectivity index (χ1v) is 8.79. The molecule has 0 heterocycles. The number of amides is 1. The van der Waals surface area contributed by atoms with Gasteiger partial charge in [-0.15, -0.1) is 0 Å². The molecule has 0 aliphatic heterocycles. The summed E-state index contributed by atoms with van der Waals surface area (Å²) in [7, 11) is 0. The Labute approximate surface area is 169 Å². The van der Waals surface area contributed by atoms with Crippen molar-refractivity contribution in [2.45, 2.75) is 9.96 Å². The van der Waals surface area contributed by atoms with Crippen molar-refractivity contribution in [3.8, 4) is 0 Å². The fraction of sp³-hybridized carbons (Fsp3) is 0.133. The van der Waals surface area contributed by atoms with Gasteiger partial charge >= 0.3 is 0 Å². The zero-order valence-electron chi connectivity index (χ0n) is 11.8. The molecule has 2 N–H and O–H groups in total. The van der Waals surface area contributed by atoms with Crippen molar-refractivity contribution >= 4 is 81.2 Å². The minimum atomic E-state index is -1.85. The fourth-order valence-corrected chi connectivity index (χ4v) is 2.69. The van der Waals surface area contributed by atoms with Crippen molar-refractivity contribution < 1.29 is 4.79 Å². The first kappa shape index (κ1) is 19.8. The third kappa shape index (κ3) is 5.22. The predicted molar refractivity (Wildman–Crippen MR) is 103 cm³/mol. The zero-order valence-corrected chi connectivity index (χ0v) is 16.3. The van der Waals surface area contributed by atoms with Gasteiger partial charge in [0.1, 0.15) is 6.17 Å². The molecule has 3 nitrogen and oxygen atoms in total. The van der Waals surface area contributed by atoms with Gasteiger partial charge in [0, 0.05) is 10.6 Å². The smallest absolute Gasteiger partial charge is 0.253 e. The SMILES string of the molecule is O=C(N[C@H](Nc1cccc(Cl)c1Cl)C(Cl)(Cl)Cl)c1cccc(Cl)c1. The van der Waals surface area contributed by atoms with E-state index in [4.69, 9.17) is 69.6 Å². The molecule has 128 valence electrons. The lowest BCUT2D eigenvalue weighted by molar-refractivity contribution is 0.0942. The molecule has 2 aromatic carbocycles. The third-order valence-corrected chi connectivity index (χ3v) is 4.65. The molecule has 0 bridgehead atoms. The normalized spacial score (nSPS) is 12.6. The molecule has 1 amide bonds. The molecule has 0 saturated heterocycles. The number of halogens is 6. The molecule has 24 heavy (non-hydrogen) atoms. The van der Waals surface area contributed by atoms with Gasteiger partial charge in [-0.1, -0.05) is 81.7 Å². The number of rotatable bonds is 4. The second kappa shape index (κ2) is 8.22. The summed E-state index contributed by atoms with van der Waals surface area (Å²) in [5.74, 6) is -0.473. The van der Waals surface area contributed by atoms with Crippen LogP contribution in [0.5, 0.6) is 0 Å². The largest absolute Gasteiger partial charge is 0.361 e. The van der Waals surface area contributed by atoms with Crippen LogP contribution in [0, 0.1) is 0 Å². The lowest BCUT2D eigenvalue weighted by atomic mass is 10.2. The summed E-state index contributed by atoms with van der Waals surface area (Å²) in [6, 6.07) is 11.3. The number of carbonyl (C=O) groups is 1. The van der Waals surface area contributed by atoms with Crippen molar-refractivity contribution in [3.63, 3.8) is 0 Å². The highest BCUT2D eigenvalue weighted by atomic mass is 35.6. The topological polar surface area (TPSA) is 41.1 Å². The van der Waals surface area contributed by atoms with E-state index in [2.05, 4.69) is 10.6 Å². The van der Waals surface area contributed by atoms with Crippen LogP contribution in [0.15, 0.2) is 42.5 Å². The number of hydrogen-bond acceptors (Lipinski definition) is 2. The van der Waals surface area contributed by atoms with E-state index >= 15 is 0 Å². The maximum absolute atomic E-state index is 12.4. The number of nitrogens with one attached hydrogen (secondary N) is 2. The van der Waals surface area contributed by atoms with Crippen LogP contribution >= 0.6 is 69.6 Å². The van der Waals surface area contributed by atoms with Gasteiger partial charge in [0.25, 0.3) is 5.91 Å². The molecule has 1 atom stereocenters. The summed E-state index contributed by atoms with van der Waals surface area (Å²) in [5, 5.41) is 6.44. The third-order valence-electron chi connectivity index (χ3n) is 2.94. The Morgan fingerprint density at radius 1 is 1.00 bits per heavy atom. The van der Waals surface area contributed by atoms with Crippen LogP contribution in [0.4, 0.5) is 5.69 Å². The van der Waals surface area contributed by atoms with Crippen molar-refractivity contribution in [2.75, 3.05) is 5.32 Å². The molecule has 2 rings (SSSR count). The number of benzene rings is 2. The molecular weight excluding hydrogens is 437 g/mol. The van der Waals surface area contributed by atoms with Crippen LogP contribution in [-0.4, -0.2) is 15.9 Å². The average molecular weight is 447 g/mol. The summed E-state index contributed by atoms with van der Waals surface area (Å²) >= 11 is 35.8. The van der Waals surface area contributed by atoms with Gasteiger partial charge in [0.15, 0.2) is 0 Å². The minimum Gasteiger partial charge on any atom is -0.361 e. The molecule has 0 aliphatic carbocycles. The highest BCUT2D eigenvalue weighted by Gasteiger charge is 2.34. The van der Waals surface area contributed by atoms with Crippen LogP contribution in [0.3, 0.4) is 0 Å². The first-order valence-electron chi connectivity index (χ1n) is 6.52. The molecule has 0 aliphatic rings. The monoisotopic (exact) mass is 444 g/mol. The van der Waals surface area contributed by atoms with Gasteiger partial charge in [-0.05, 0) is 30.3 Å². The van der Waals surface area contributed by atoms with Gasteiger partial charge in [-0.3, -0.25) is 4.79 Å². The number of anilines is 1. The van der Waals surface area contributed by atoms with Crippen LogP contribution in [0.2, 0.25) is 15.1 Å². The van der Waals surface area contributed by atoms with E-state index in [-0.39, 0.29) is 5.02 Å². The Bertz CT molecular complexity index is 747. The Morgan fingerprint density at radius 3 is 2.29 bits per heavy atom. The van der Waals surface area contributed by atoms with Gasteiger partial charge in [0.05, 0.1) is 15.7 Å². The molecule has 0 saturated carbocycles.